The van der Waals surface area contributed by atoms with Gasteiger partial charge in [-0.05, 0) is 18.2 Å². The van der Waals surface area contributed by atoms with Gasteiger partial charge in [-0.2, -0.15) is 0 Å². The summed E-state index contributed by atoms with van der Waals surface area (Å²) < 4.78 is 11.1. The van der Waals surface area contributed by atoms with E-state index in [4.69, 9.17) is 14.9 Å². The van der Waals surface area contributed by atoms with Crippen LogP contribution >= 0.6 is 0 Å². The van der Waals surface area contributed by atoms with Crippen molar-refractivity contribution in [3.8, 4) is 0 Å². The molecular weight excluding hydrogens is 322 g/mol. The predicted octanol–water partition coefficient (Wildman–Crippen LogP) is 2.30. The van der Waals surface area contributed by atoms with Crippen molar-refractivity contribution in [3.05, 3.63) is 42.5 Å². The molecule has 0 spiro atoms. The third-order valence-corrected chi connectivity index (χ3v) is 4.30. The van der Waals surface area contributed by atoms with Crippen molar-refractivity contribution in [2.45, 2.75) is 6.10 Å². The molecule has 1 aliphatic heterocycles. The molecule has 3 amide bonds. The minimum Gasteiger partial charge on any atom is -0.456 e. The fourth-order valence-corrected chi connectivity index (χ4v) is 3.01. The lowest BCUT2D eigenvalue weighted by Crippen LogP contribution is -2.51. The molecule has 128 valence electrons. The van der Waals surface area contributed by atoms with E-state index in [2.05, 4.69) is 5.32 Å². The van der Waals surface area contributed by atoms with E-state index in [1.807, 2.05) is 36.4 Å². The first-order chi connectivity index (χ1) is 12.1. The highest BCUT2D eigenvalue weighted by Gasteiger charge is 2.27. The van der Waals surface area contributed by atoms with Crippen LogP contribution in [0.1, 0.15) is 0 Å². The Morgan fingerprint density at radius 2 is 1.92 bits per heavy atom. The van der Waals surface area contributed by atoms with Crippen LogP contribution in [-0.2, 0) is 9.53 Å². The second-order valence-electron chi connectivity index (χ2n) is 5.95. The van der Waals surface area contributed by atoms with Crippen molar-refractivity contribution >= 4 is 39.6 Å². The van der Waals surface area contributed by atoms with Crippen LogP contribution < -0.4 is 11.1 Å². The molecule has 0 radical (unpaired) electrons. The molecule has 25 heavy (non-hydrogen) atoms. The maximum atomic E-state index is 12.4. The minimum atomic E-state index is -0.766. The highest BCUT2D eigenvalue weighted by atomic mass is 16.5. The van der Waals surface area contributed by atoms with Crippen LogP contribution in [-0.4, -0.2) is 42.6 Å². The number of primary amides is 1. The van der Waals surface area contributed by atoms with Gasteiger partial charge >= 0.3 is 6.03 Å². The Morgan fingerprint density at radius 3 is 2.76 bits per heavy atom. The van der Waals surface area contributed by atoms with E-state index in [1.165, 1.54) is 4.90 Å². The van der Waals surface area contributed by atoms with Gasteiger partial charge in [0.05, 0.1) is 13.2 Å². The van der Waals surface area contributed by atoms with Gasteiger partial charge in [-0.15, -0.1) is 0 Å². The smallest absolute Gasteiger partial charge is 0.322 e. The van der Waals surface area contributed by atoms with Gasteiger partial charge in [0.25, 0.3) is 0 Å². The van der Waals surface area contributed by atoms with Crippen LogP contribution in [0.25, 0.3) is 21.9 Å². The number of hydrogen-bond acceptors (Lipinski definition) is 4. The number of anilines is 1. The summed E-state index contributed by atoms with van der Waals surface area (Å²) in [5.41, 5.74) is 7.38. The highest BCUT2D eigenvalue weighted by molar-refractivity contribution is 6.06. The molecular formula is C18H17N3O4. The number of morpholine rings is 1. The lowest BCUT2D eigenvalue weighted by Gasteiger charge is -2.31. The summed E-state index contributed by atoms with van der Waals surface area (Å²) >= 11 is 0. The van der Waals surface area contributed by atoms with Crippen LogP contribution in [0.15, 0.2) is 46.9 Å². The molecule has 7 heteroatoms. The summed E-state index contributed by atoms with van der Waals surface area (Å²) in [6, 6.07) is 13.0. The average Bonchev–Trinajstić information content (AvgIpc) is 2.99. The van der Waals surface area contributed by atoms with E-state index in [-0.39, 0.29) is 19.2 Å². The maximum Gasteiger partial charge on any atom is 0.322 e. The average molecular weight is 339 g/mol. The monoisotopic (exact) mass is 339 g/mol. The number of fused-ring (bicyclic) bond motifs is 3. The number of ether oxygens (including phenoxy) is 1. The quantitative estimate of drug-likeness (QED) is 0.748. The normalized spacial score (nSPS) is 17.8. The molecule has 0 unspecified atom stereocenters. The molecule has 1 aromatic heterocycles. The Bertz CT molecular complexity index is 965. The topological polar surface area (TPSA) is 97.8 Å². The lowest BCUT2D eigenvalue weighted by molar-refractivity contribution is -0.133. The van der Waals surface area contributed by atoms with E-state index < -0.39 is 12.0 Å². The summed E-state index contributed by atoms with van der Waals surface area (Å²) in [6.07, 6.45) is -0.766. The molecule has 2 aromatic carbocycles. The number of furan rings is 1. The molecule has 0 aliphatic carbocycles. The largest absolute Gasteiger partial charge is 0.456 e. The minimum absolute atomic E-state index is 0.147. The van der Waals surface area contributed by atoms with Crippen LogP contribution in [0.2, 0.25) is 0 Å². The second-order valence-corrected chi connectivity index (χ2v) is 5.95. The summed E-state index contributed by atoms with van der Waals surface area (Å²) in [4.78, 5) is 25.2. The molecule has 0 saturated carbocycles. The number of benzene rings is 2. The fourth-order valence-electron chi connectivity index (χ4n) is 3.01. The maximum absolute atomic E-state index is 12.4. The van der Waals surface area contributed by atoms with Crippen molar-refractivity contribution in [1.82, 2.24) is 4.90 Å². The van der Waals surface area contributed by atoms with E-state index >= 15 is 0 Å². The van der Waals surface area contributed by atoms with Gasteiger partial charge in [0.2, 0.25) is 5.91 Å². The zero-order chi connectivity index (χ0) is 17.4. The standard InChI is InChI=1S/C18H17N3O4/c19-17(22)16-10-21(7-8-24-16)18(23)20-11-5-6-13-12-3-1-2-4-14(12)25-15(13)9-11/h1-6,9,16H,7-8,10H2,(H2,19,22)(H,20,23)/t16-/m0/s1. The molecule has 1 aliphatic rings. The summed E-state index contributed by atoms with van der Waals surface area (Å²) in [6.45, 7) is 0.834. The van der Waals surface area contributed by atoms with Gasteiger partial charge in [-0.25, -0.2) is 4.79 Å². The zero-order valence-corrected chi connectivity index (χ0v) is 13.4. The number of urea groups is 1. The van der Waals surface area contributed by atoms with Crippen LogP contribution in [0.3, 0.4) is 0 Å². The second kappa shape index (κ2) is 6.10. The van der Waals surface area contributed by atoms with Gasteiger partial charge < -0.3 is 25.1 Å². The van der Waals surface area contributed by atoms with Gasteiger partial charge in [-0.3, -0.25) is 4.79 Å². The number of carbonyl (C=O) groups is 2. The molecule has 1 atom stereocenters. The van der Waals surface area contributed by atoms with Crippen molar-refractivity contribution < 1.29 is 18.7 Å². The molecule has 1 fully saturated rings. The first-order valence-electron chi connectivity index (χ1n) is 8.00. The first-order valence-corrected chi connectivity index (χ1v) is 8.00. The lowest BCUT2D eigenvalue weighted by atomic mass is 10.1. The van der Waals surface area contributed by atoms with Crippen molar-refractivity contribution in [2.24, 2.45) is 5.73 Å². The third kappa shape index (κ3) is 2.89. The van der Waals surface area contributed by atoms with E-state index in [0.717, 1.165) is 16.4 Å². The summed E-state index contributed by atoms with van der Waals surface area (Å²) in [5, 5.41) is 4.86. The number of para-hydroxylation sites is 1. The zero-order valence-electron chi connectivity index (χ0n) is 13.4. The van der Waals surface area contributed by atoms with E-state index in [9.17, 15) is 9.59 Å². The van der Waals surface area contributed by atoms with Gasteiger partial charge in [-0.1, -0.05) is 18.2 Å². The van der Waals surface area contributed by atoms with E-state index in [0.29, 0.717) is 17.8 Å². The van der Waals surface area contributed by atoms with Gasteiger partial charge in [0.15, 0.2) is 6.10 Å². The predicted molar refractivity (Wildman–Crippen MR) is 93.2 cm³/mol. The molecule has 4 rings (SSSR count). The Labute approximate surface area is 143 Å². The Balaban J connectivity index is 1.55. The first kappa shape index (κ1) is 15.5. The molecule has 1 saturated heterocycles. The number of amides is 3. The van der Waals surface area contributed by atoms with E-state index in [1.54, 1.807) is 6.07 Å². The number of nitrogens with two attached hydrogens (primary N) is 1. The molecule has 3 aromatic rings. The summed E-state index contributed by atoms with van der Waals surface area (Å²) in [7, 11) is 0. The van der Waals surface area contributed by atoms with Gasteiger partial charge in [0, 0.05) is 29.1 Å². The van der Waals surface area contributed by atoms with Crippen molar-refractivity contribution in [1.29, 1.82) is 0 Å². The highest BCUT2D eigenvalue weighted by Crippen LogP contribution is 2.30. The summed E-state index contributed by atoms with van der Waals surface area (Å²) in [5.74, 6) is -0.568. The number of nitrogens with zero attached hydrogens (tertiary/aromatic N) is 1. The number of nitrogens with one attached hydrogen (secondary N) is 1. The molecule has 7 nitrogen and oxygen atoms in total. The van der Waals surface area contributed by atoms with Crippen molar-refractivity contribution in [2.75, 3.05) is 25.0 Å². The Morgan fingerprint density at radius 1 is 1.12 bits per heavy atom. The number of rotatable bonds is 2. The molecule has 2 heterocycles. The van der Waals surface area contributed by atoms with Gasteiger partial charge in [0.1, 0.15) is 11.2 Å². The SMILES string of the molecule is NC(=O)[C@@H]1CN(C(=O)Nc2ccc3c(c2)oc2ccccc23)CCO1. The van der Waals surface area contributed by atoms with Crippen LogP contribution in [0, 0.1) is 0 Å². The van der Waals surface area contributed by atoms with Crippen LogP contribution in [0.4, 0.5) is 10.5 Å². The fraction of sp³-hybridized carbons (Fsp3) is 0.222. The van der Waals surface area contributed by atoms with Crippen LogP contribution in [0.5, 0.6) is 0 Å². The third-order valence-electron chi connectivity index (χ3n) is 4.30. The Kier molecular flexibility index (Phi) is 3.77. The number of carbonyl (C=O) groups excluding carboxylic acids is 2. The molecule has 3 N–H and O–H groups in total. The Hall–Kier alpha value is -3.06. The number of hydrogen-bond donors (Lipinski definition) is 2. The molecule has 0 bridgehead atoms. The van der Waals surface area contributed by atoms with Crippen molar-refractivity contribution in [3.63, 3.8) is 0 Å².